The molecule has 0 amide bonds. The van der Waals surface area contributed by atoms with Gasteiger partial charge in [0, 0.05) is 19.3 Å². The molecule has 358 valence electrons. The maximum atomic E-state index is 12.7. The Morgan fingerprint density at radius 3 is 1.37 bits per heavy atom. The summed E-state index contributed by atoms with van der Waals surface area (Å²) in [5.41, 5.74) is 0. The zero-order chi connectivity index (χ0) is 46.3. The van der Waals surface area contributed by atoms with Crippen molar-refractivity contribution in [2.45, 2.75) is 193 Å². The lowest BCUT2D eigenvalue weighted by Crippen LogP contribution is -2.50. The Morgan fingerprint density at radius 1 is 0.492 bits per heavy atom. The summed E-state index contributed by atoms with van der Waals surface area (Å²) in [5.74, 6) is -1.56. The van der Waals surface area contributed by atoms with E-state index in [0.717, 1.165) is 77.0 Å². The minimum atomic E-state index is -0.888. The smallest absolute Gasteiger partial charge is 0.362 e. The van der Waals surface area contributed by atoms with Gasteiger partial charge in [0.05, 0.1) is 34.4 Å². The lowest BCUT2D eigenvalue weighted by Gasteiger charge is -2.31. The van der Waals surface area contributed by atoms with E-state index >= 15 is 0 Å². The Kier molecular flexibility index (Phi) is 42.2. The van der Waals surface area contributed by atoms with Gasteiger partial charge in [0.25, 0.3) is 0 Å². The van der Waals surface area contributed by atoms with Crippen LogP contribution < -0.4 is 0 Å². The number of nitrogens with zero attached hydrogens (tertiary/aromatic N) is 1. The molecule has 0 aliphatic carbocycles. The van der Waals surface area contributed by atoms with Crippen molar-refractivity contribution in [3.8, 4) is 0 Å². The van der Waals surface area contributed by atoms with Crippen LogP contribution in [0.1, 0.15) is 181 Å². The minimum Gasteiger partial charge on any atom is -0.477 e. The van der Waals surface area contributed by atoms with E-state index in [1.54, 1.807) is 0 Å². The van der Waals surface area contributed by atoms with Gasteiger partial charge in [-0.3, -0.25) is 9.59 Å². The molecule has 8 nitrogen and oxygen atoms in total. The number of likely N-dealkylation sites (N-methyl/N-ethyl adjacent to an activating group) is 1. The fraction of sp³-hybridized carbons (Fsp3) is 0.655. The summed E-state index contributed by atoms with van der Waals surface area (Å²) in [7, 11) is 5.50. The Balaban J connectivity index is 4.36. The lowest BCUT2D eigenvalue weighted by molar-refractivity contribution is -0.887. The molecule has 0 saturated heterocycles. The van der Waals surface area contributed by atoms with E-state index in [4.69, 9.17) is 14.2 Å². The molecule has 0 spiro atoms. The number of allylic oxidation sites excluding steroid dienone is 16. The highest BCUT2D eigenvalue weighted by atomic mass is 16.6. The van der Waals surface area contributed by atoms with Gasteiger partial charge in [0.15, 0.2) is 12.1 Å². The van der Waals surface area contributed by atoms with Crippen molar-refractivity contribution in [3.05, 3.63) is 97.2 Å². The number of carboxylic acid groups (broad SMARTS) is 1. The number of esters is 2. The molecule has 0 aromatic carbocycles. The van der Waals surface area contributed by atoms with Crippen LogP contribution in [0, 0.1) is 0 Å². The first-order valence-electron chi connectivity index (χ1n) is 24.8. The molecule has 0 rings (SSSR count). The molecule has 0 heterocycles. The fourth-order valence-electron chi connectivity index (χ4n) is 6.66. The van der Waals surface area contributed by atoms with E-state index in [0.29, 0.717) is 19.3 Å². The lowest BCUT2D eigenvalue weighted by atomic mass is 10.1. The molecule has 63 heavy (non-hydrogen) atoms. The zero-order valence-electron chi connectivity index (χ0n) is 40.7. The van der Waals surface area contributed by atoms with E-state index in [9.17, 15) is 19.5 Å². The van der Waals surface area contributed by atoms with Crippen LogP contribution in [0.4, 0.5) is 0 Å². The average molecular weight is 879 g/mol. The molecule has 0 aliphatic rings. The third-order valence-electron chi connectivity index (χ3n) is 10.5. The van der Waals surface area contributed by atoms with Crippen molar-refractivity contribution < 1.29 is 38.2 Å². The number of carbonyl (C=O) groups excluding carboxylic acids is 2. The van der Waals surface area contributed by atoms with E-state index in [-0.39, 0.29) is 42.7 Å². The average Bonchev–Trinajstić information content (AvgIpc) is 3.24. The second kappa shape index (κ2) is 44.8. The van der Waals surface area contributed by atoms with Crippen LogP contribution in [0.3, 0.4) is 0 Å². The summed E-state index contributed by atoms with van der Waals surface area (Å²) >= 11 is 0. The normalized spacial score (nSPS) is 13.7. The number of ether oxygens (including phenoxy) is 3. The van der Waals surface area contributed by atoms with Crippen molar-refractivity contribution in [1.29, 1.82) is 0 Å². The summed E-state index contributed by atoms with van der Waals surface area (Å²) in [6.07, 6.45) is 60.3. The number of carboxylic acids is 1. The molecular formula is C55H92NO7+. The third-order valence-corrected chi connectivity index (χ3v) is 10.5. The number of quaternary nitrogens is 1. The first-order valence-corrected chi connectivity index (χ1v) is 24.8. The van der Waals surface area contributed by atoms with Gasteiger partial charge in [-0.05, 0) is 89.9 Å². The zero-order valence-corrected chi connectivity index (χ0v) is 40.7. The SMILES string of the molecule is CC/C=C/C/C=C/C/C=C/C/C=C/C/C=C/CCCC(=O)OC(COCCC(C(=O)O)[N+](C)(C)C)COC(=O)CCCCCCCCCCC/C=C/C/C=C/C/C=C/CCCCC. The van der Waals surface area contributed by atoms with Gasteiger partial charge in [-0.1, -0.05) is 169 Å². The van der Waals surface area contributed by atoms with Gasteiger partial charge in [-0.2, -0.15) is 0 Å². The maximum Gasteiger partial charge on any atom is 0.362 e. The standard InChI is InChI=1S/C55H91NO7/c1-6-8-10-12-14-16-18-20-22-24-25-26-27-28-30-31-33-35-37-39-41-43-45-53(57)62-50-51(49-61-48-47-52(55(59)60)56(3,4)5)63-54(58)46-44-42-40-38-36-34-32-29-23-21-19-17-15-13-11-9-7-2/h9,11,14-17,20-23,25-26,32,34,38,40,51-52H,6-8,10,12-13,18-19,24,27-31,33,35-37,39,41-50H2,1-5H3/p+1/b11-9+,16-14+,17-15+,22-20+,23-21+,26-25+,34-32+,40-38+. The molecule has 0 aliphatic heterocycles. The summed E-state index contributed by atoms with van der Waals surface area (Å²) in [6.45, 7) is 4.52. The first-order chi connectivity index (χ1) is 30.6. The number of hydrogen-bond donors (Lipinski definition) is 1. The van der Waals surface area contributed by atoms with Crippen LogP contribution in [0.2, 0.25) is 0 Å². The predicted octanol–water partition coefficient (Wildman–Crippen LogP) is 14.2. The van der Waals surface area contributed by atoms with Crippen molar-refractivity contribution >= 4 is 17.9 Å². The van der Waals surface area contributed by atoms with Crippen molar-refractivity contribution in [1.82, 2.24) is 0 Å². The monoisotopic (exact) mass is 879 g/mol. The third kappa shape index (κ3) is 43.3. The minimum absolute atomic E-state index is 0.0309. The Labute approximate surface area is 386 Å². The highest BCUT2D eigenvalue weighted by Crippen LogP contribution is 2.13. The first kappa shape index (κ1) is 59.2. The van der Waals surface area contributed by atoms with Gasteiger partial charge in [-0.15, -0.1) is 0 Å². The summed E-state index contributed by atoms with van der Waals surface area (Å²) < 4.78 is 17.3. The Hall–Kier alpha value is -3.75. The maximum absolute atomic E-state index is 12.7. The van der Waals surface area contributed by atoms with Gasteiger partial charge < -0.3 is 23.8 Å². The van der Waals surface area contributed by atoms with Crippen LogP contribution in [0.25, 0.3) is 0 Å². The molecular weight excluding hydrogens is 787 g/mol. The topological polar surface area (TPSA) is 99.1 Å². The summed E-state index contributed by atoms with van der Waals surface area (Å²) in [5, 5.41) is 9.64. The van der Waals surface area contributed by atoms with Crippen LogP contribution in [0.5, 0.6) is 0 Å². The van der Waals surface area contributed by atoms with Crippen LogP contribution in [-0.4, -0.2) is 80.6 Å². The molecule has 0 saturated carbocycles. The molecule has 2 atom stereocenters. The van der Waals surface area contributed by atoms with Crippen molar-refractivity contribution in [3.63, 3.8) is 0 Å². The predicted molar refractivity (Wildman–Crippen MR) is 266 cm³/mol. The van der Waals surface area contributed by atoms with Gasteiger partial charge in [-0.25, -0.2) is 4.79 Å². The number of hydrogen-bond acceptors (Lipinski definition) is 6. The molecule has 8 heteroatoms. The van der Waals surface area contributed by atoms with Crippen molar-refractivity contribution in [2.24, 2.45) is 0 Å². The Bertz CT molecular complexity index is 1350. The molecule has 0 radical (unpaired) electrons. The number of carbonyl (C=O) groups is 3. The van der Waals surface area contributed by atoms with E-state index < -0.39 is 18.1 Å². The van der Waals surface area contributed by atoms with Crippen LogP contribution in [0.15, 0.2) is 97.2 Å². The number of rotatable bonds is 43. The highest BCUT2D eigenvalue weighted by Gasteiger charge is 2.31. The summed E-state index contributed by atoms with van der Waals surface area (Å²) in [6, 6.07) is -0.631. The largest absolute Gasteiger partial charge is 0.477 e. The number of unbranched alkanes of at least 4 members (excludes halogenated alkanes) is 13. The Morgan fingerprint density at radius 2 is 0.905 bits per heavy atom. The van der Waals surface area contributed by atoms with E-state index in [2.05, 4.69) is 111 Å². The van der Waals surface area contributed by atoms with Crippen LogP contribution >= 0.6 is 0 Å². The molecule has 0 fully saturated rings. The van der Waals surface area contributed by atoms with E-state index in [1.807, 2.05) is 21.1 Å². The molecule has 2 unspecified atom stereocenters. The van der Waals surface area contributed by atoms with E-state index in [1.165, 1.54) is 64.2 Å². The molecule has 0 aromatic rings. The number of aliphatic carboxylic acids is 1. The molecule has 0 aromatic heterocycles. The summed E-state index contributed by atoms with van der Waals surface area (Å²) in [4.78, 5) is 37.1. The quantitative estimate of drug-likeness (QED) is 0.0282. The van der Waals surface area contributed by atoms with Gasteiger partial charge in [0.2, 0.25) is 0 Å². The molecule has 0 bridgehead atoms. The molecule has 1 N–H and O–H groups in total. The van der Waals surface area contributed by atoms with Crippen LogP contribution in [-0.2, 0) is 28.6 Å². The second-order valence-electron chi connectivity index (χ2n) is 17.3. The van der Waals surface area contributed by atoms with Gasteiger partial charge in [0.1, 0.15) is 6.61 Å². The highest BCUT2D eigenvalue weighted by molar-refractivity contribution is 5.72. The fourth-order valence-corrected chi connectivity index (χ4v) is 6.66. The second-order valence-corrected chi connectivity index (χ2v) is 17.3. The van der Waals surface area contributed by atoms with Crippen molar-refractivity contribution in [2.75, 3.05) is 41.0 Å². The van der Waals surface area contributed by atoms with Gasteiger partial charge >= 0.3 is 17.9 Å².